The molecule has 0 aliphatic rings. The van der Waals surface area contributed by atoms with Crippen LogP contribution in [0.15, 0.2) is 12.1 Å². The number of phenols is 1. The molecule has 2 N–H and O–H groups in total. The number of hydrogen-bond donors (Lipinski definition) is 2. The molecule has 0 atom stereocenters. The van der Waals surface area contributed by atoms with Crippen molar-refractivity contribution in [3.05, 3.63) is 28.8 Å². The van der Waals surface area contributed by atoms with Crippen molar-refractivity contribution in [1.82, 2.24) is 0 Å². The van der Waals surface area contributed by atoms with Crippen molar-refractivity contribution in [1.29, 1.82) is 0 Å². The van der Waals surface area contributed by atoms with Gasteiger partial charge in [-0.15, -0.1) is 0 Å². The van der Waals surface area contributed by atoms with E-state index in [0.717, 1.165) is 5.56 Å². The molecule has 0 spiro atoms. The molecule has 0 aliphatic heterocycles. The molecule has 3 nitrogen and oxygen atoms in total. The molecule has 0 unspecified atom stereocenters. The Kier molecular flexibility index (Phi) is 5.37. The van der Waals surface area contributed by atoms with E-state index >= 15 is 0 Å². The molecular weight excluding hydrogens is 298 g/mol. The van der Waals surface area contributed by atoms with Crippen LogP contribution in [-0.2, 0) is 10.8 Å². The number of hydrogen-bond acceptors (Lipinski definition) is 2. The van der Waals surface area contributed by atoms with Gasteiger partial charge in [0.1, 0.15) is 11.3 Å². The summed E-state index contributed by atoms with van der Waals surface area (Å²) in [6.45, 7) is 12.0. The van der Waals surface area contributed by atoms with Gasteiger partial charge in [-0.2, -0.15) is 0 Å². The molecule has 0 aliphatic carbocycles. The molecule has 0 fully saturated rings. The second-order valence-electron chi connectivity index (χ2n) is 6.73. The molecule has 106 valence electrons. The summed E-state index contributed by atoms with van der Waals surface area (Å²) in [5, 5.41) is 19.3. The van der Waals surface area contributed by atoms with Gasteiger partial charge in [0.25, 0.3) is 0 Å². The molecule has 0 heterocycles. The Hall–Kier alpha value is -0.874. The van der Waals surface area contributed by atoms with Gasteiger partial charge < -0.3 is 10.2 Å². The van der Waals surface area contributed by atoms with Crippen LogP contribution in [0.25, 0.3) is 0 Å². The zero-order chi connectivity index (χ0) is 14.3. The predicted octanol–water partition coefficient (Wildman–Crippen LogP) is 2.50. The fraction of sp³-hybridized carbons (Fsp3) is 0.533. The maximum absolute atomic E-state index is 11.2. The monoisotopic (exact) mass is 322 g/mol. The van der Waals surface area contributed by atoms with Crippen molar-refractivity contribution in [3.63, 3.8) is 0 Å². The van der Waals surface area contributed by atoms with Crippen LogP contribution in [0.3, 0.4) is 0 Å². The number of aromatic hydroxyl groups is 1. The van der Waals surface area contributed by atoms with E-state index in [1.165, 1.54) is 0 Å². The van der Waals surface area contributed by atoms with E-state index in [1.807, 2.05) is 47.6 Å². The molecular formula is C15H25GaO3. The summed E-state index contributed by atoms with van der Waals surface area (Å²) in [7, 11) is 0. The topological polar surface area (TPSA) is 57.5 Å². The van der Waals surface area contributed by atoms with Gasteiger partial charge in [0.05, 0.1) is 0 Å². The van der Waals surface area contributed by atoms with Crippen LogP contribution in [0.5, 0.6) is 5.75 Å². The number of benzene rings is 1. The molecule has 1 aromatic carbocycles. The summed E-state index contributed by atoms with van der Waals surface area (Å²) < 4.78 is 0. The fourth-order valence-electron chi connectivity index (χ4n) is 1.80. The fourth-order valence-corrected chi connectivity index (χ4v) is 1.80. The Morgan fingerprint density at radius 2 is 1.47 bits per heavy atom. The zero-order valence-corrected chi connectivity index (χ0v) is 12.0. The van der Waals surface area contributed by atoms with Crippen molar-refractivity contribution in [2.45, 2.75) is 52.4 Å². The van der Waals surface area contributed by atoms with Gasteiger partial charge in [-0.05, 0) is 22.5 Å². The Morgan fingerprint density at radius 3 is 1.79 bits per heavy atom. The summed E-state index contributed by atoms with van der Waals surface area (Å²) in [6, 6.07) is 3.47. The molecule has 0 saturated heterocycles. The summed E-state index contributed by atoms with van der Waals surface area (Å²) in [6.07, 6.45) is 0. The Labute approximate surface area is 128 Å². The average Bonchev–Trinajstić information content (AvgIpc) is 2.13. The van der Waals surface area contributed by atoms with Crippen LogP contribution >= 0.6 is 0 Å². The van der Waals surface area contributed by atoms with Gasteiger partial charge >= 0.3 is 25.8 Å². The first-order chi connectivity index (χ1) is 7.94. The number of carboxylic acids is 1. The minimum atomic E-state index is -1.09. The van der Waals surface area contributed by atoms with Gasteiger partial charge in [-0.3, -0.25) is 0 Å². The quantitative estimate of drug-likeness (QED) is 0.781. The van der Waals surface area contributed by atoms with E-state index in [9.17, 15) is 15.0 Å². The number of aromatic carboxylic acids is 1. The molecule has 1 rings (SSSR count). The van der Waals surface area contributed by atoms with Gasteiger partial charge in [0, 0.05) is 5.56 Å². The van der Waals surface area contributed by atoms with Crippen LogP contribution in [0.1, 0.15) is 63.0 Å². The predicted molar refractivity (Wildman–Crippen MR) is 82.4 cm³/mol. The molecule has 0 saturated carbocycles. The summed E-state index contributed by atoms with van der Waals surface area (Å²) in [4.78, 5) is 11.2. The molecule has 1 aromatic rings. The third-order valence-electron chi connectivity index (χ3n) is 3.01. The summed E-state index contributed by atoms with van der Waals surface area (Å²) in [5.74, 6) is -1.22. The minimum absolute atomic E-state index is 0. The second-order valence-corrected chi connectivity index (χ2v) is 6.73. The van der Waals surface area contributed by atoms with Crippen LogP contribution in [-0.4, -0.2) is 36.0 Å². The Bertz CT molecular complexity index is 479. The van der Waals surface area contributed by atoms with Crippen molar-refractivity contribution in [3.8, 4) is 5.75 Å². The van der Waals surface area contributed by atoms with Gasteiger partial charge in [-0.25, -0.2) is 4.79 Å². The number of carbonyl (C=O) groups is 1. The van der Waals surface area contributed by atoms with Crippen molar-refractivity contribution >= 4 is 25.8 Å². The second kappa shape index (κ2) is 5.63. The summed E-state index contributed by atoms with van der Waals surface area (Å²) >= 11 is 0. The molecule has 4 heteroatoms. The Balaban J connectivity index is 0.00000324. The maximum atomic E-state index is 11.2. The molecule has 0 radical (unpaired) electrons. The zero-order valence-electron chi connectivity index (χ0n) is 12.0. The van der Waals surface area contributed by atoms with Crippen LogP contribution in [0, 0.1) is 0 Å². The molecule has 0 aromatic heterocycles. The van der Waals surface area contributed by atoms with Crippen LogP contribution in [0.2, 0.25) is 0 Å². The molecule has 0 bridgehead atoms. The first kappa shape index (κ1) is 18.1. The van der Waals surface area contributed by atoms with E-state index < -0.39 is 5.97 Å². The normalized spacial score (nSPS) is 11.9. The van der Waals surface area contributed by atoms with Crippen LogP contribution in [0.4, 0.5) is 0 Å². The number of carboxylic acid groups (broad SMARTS) is 1. The van der Waals surface area contributed by atoms with E-state index in [-0.39, 0.29) is 41.9 Å². The van der Waals surface area contributed by atoms with Crippen molar-refractivity contribution in [2.24, 2.45) is 0 Å². The van der Waals surface area contributed by atoms with Crippen molar-refractivity contribution < 1.29 is 15.0 Å². The van der Waals surface area contributed by atoms with Gasteiger partial charge in [-0.1, -0.05) is 47.6 Å². The van der Waals surface area contributed by atoms with E-state index in [0.29, 0.717) is 5.56 Å². The molecule has 0 amide bonds. The number of rotatable bonds is 1. The van der Waals surface area contributed by atoms with Gasteiger partial charge in [0.15, 0.2) is 0 Å². The van der Waals surface area contributed by atoms with Gasteiger partial charge in [0.2, 0.25) is 0 Å². The standard InChI is InChI=1S/C15H22O3.Ga.3H/c1-14(2,3)9-7-10(13(17)18)12(16)11(8-9)15(4,5)6;;;;/h7-8,16H,1-6H3,(H,17,18);;;;. The van der Waals surface area contributed by atoms with Crippen LogP contribution < -0.4 is 0 Å². The first-order valence-electron chi connectivity index (χ1n) is 6.06. The third-order valence-corrected chi connectivity index (χ3v) is 3.01. The average molecular weight is 323 g/mol. The van der Waals surface area contributed by atoms with E-state index in [2.05, 4.69) is 0 Å². The Morgan fingerprint density at radius 1 is 1.00 bits per heavy atom. The van der Waals surface area contributed by atoms with E-state index in [1.54, 1.807) is 6.07 Å². The van der Waals surface area contributed by atoms with E-state index in [4.69, 9.17) is 0 Å². The van der Waals surface area contributed by atoms with Crippen molar-refractivity contribution in [2.75, 3.05) is 0 Å². The summed E-state index contributed by atoms with van der Waals surface area (Å²) in [5.41, 5.74) is 1.12. The SMILES string of the molecule is CC(C)(C)c1cc(C(=O)O)c(O)c(C(C)(C)C)c1.[GaH3]. The third kappa shape index (κ3) is 4.04. The molecule has 19 heavy (non-hydrogen) atoms. The first-order valence-corrected chi connectivity index (χ1v) is 6.06.